The molecule has 6 nitrogen and oxygen atoms in total. The van der Waals surface area contributed by atoms with Gasteiger partial charge in [0.1, 0.15) is 12.1 Å². The number of nitrogens with one attached hydrogen (secondary N) is 2. The standard InChI is InChI=1S/C21H26N4O2/c1-12-7-8-18-15(9-12)16-10-22-25(21(27)20(16)24-18)11-19(26)23-17-6-4-5-13(2)14(17)3/h7-10,13-14,17,24H,4-6,11H2,1-3H3,(H,23,26)/t13-,14+,17-/m1/s1. The summed E-state index contributed by atoms with van der Waals surface area (Å²) in [5.41, 5.74) is 2.27. The van der Waals surface area contributed by atoms with E-state index >= 15 is 0 Å². The Kier molecular flexibility index (Phi) is 4.50. The molecular formula is C21H26N4O2. The molecule has 0 unspecified atom stereocenters. The Hall–Kier alpha value is -2.63. The number of carbonyl (C=O) groups excluding carboxylic acids is 1. The quantitative estimate of drug-likeness (QED) is 0.747. The van der Waals surface area contributed by atoms with Gasteiger partial charge in [0.15, 0.2) is 0 Å². The predicted octanol–water partition coefficient (Wildman–Crippen LogP) is 3.13. The zero-order valence-electron chi connectivity index (χ0n) is 16.1. The molecule has 1 aliphatic rings. The summed E-state index contributed by atoms with van der Waals surface area (Å²) in [5.74, 6) is 0.907. The summed E-state index contributed by atoms with van der Waals surface area (Å²) in [6, 6.07) is 6.19. The highest BCUT2D eigenvalue weighted by Gasteiger charge is 2.28. The SMILES string of the molecule is Cc1ccc2[nH]c3c(=O)n(CC(=O)N[C@@H]4CCC[C@@H](C)[C@@H]4C)ncc3c2c1. The minimum Gasteiger partial charge on any atom is -0.351 e. The molecule has 1 fully saturated rings. The lowest BCUT2D eigenvalue weighted by Gasteiger charge is -2.34. The molecule has 1 aromatic carbocycles. The maximum absolute atomic E-state index is 12.8. The second-order valence-corrected chi connectivity index (χ2v) is 8.01. The van der Waals surface area contributed by atoms with E-state index in [1.807, 2.05) is 25.1 Å². The average molecular weight is 366 g/mol. The molecule has 0 radical (unpaired) electrons. The fourth-order valence-corrected chi connectivity index (χ4v) is 4.23. The van der Waals surface area contributed by atoms with E-state index in [-0.39, 0.29) is 24.1 Å². The van der Waals surface area contributed by atoms with Crippen LogP contribution in [0.25, 0.3) is 21.8 Å². The molecule has 3 atom stereocenters. The third-order valence-electron chi connectivity index (χ3n) is 6.12. The smallest absolute Gasteiger partial charge is 0.291 e. The first-order valence-corrected chi connectivity index (χ1v) is 9.71. The Morgan fingerprint density at radius 2 is 2.11 bits per heavy atom. The van der Waals surface area contributed by atoms with Crippen molar-refractivity contribution in [3.8, 4) is 0 Å². The molecule has 4 rings (SSSR count). The molecular weight excluding hydrogens is 340 g/mol. The Bertz CT molecular complexity index is 1070. The van der Waals surface area contributed by atoms with Crippen molar-refractivity contribution >= 4 is 27.7 Å². The van der Waals surface area contributed by atoms with E-state index < -0.39 is 0 Å². The Morgan fingerprint density at radius 1 is 1.30 bits per heavy atom. The lowest BCUT2D eigenvalue weighted by atomic mass is 9.78. The Morgan fingerprint density at radius 3 is 2.93 bits per heavy atom. The van der Waals surface area contributed by atoms with Gasteiger partial charge < -0.3 is 10.3 Å². The van der Waals surface area contributed by atoms with Gasteiger partial charge in [-0.05, 0) is 37.3 Å². The number of nitrogens with zero attached hydrogens (tertiary/aromatic N) is 2. The van der Waals surface area contributed by atoms with Crippen molar-refractivity contribution < 1.29 is 4.79 Å². The van der Waals surface area contributed by atoms with Crippen LogP contribution in [0.15, 0.2) is 29.2 Å². The number of hydrogen-bond acceptors (Lipinski definition) is 3. The monoisotopic (exact) mass is 366 g/mol. The predicted molar refractivity (Wildman–Crippen MR) is 107 cm³/mol. The summed E-state index contributed by atoms with van der Waals surface area (Å²) in [7, 11) is 0. The van der Waals surface area contributed by atoms with Crippen molar-refractivity contribution in [2.24, 2.45) is 11.8 Å². The zero-order valence-corrected chi connectivity index (χ0v) is 16.1. The van der Waals surface area contributed by atoms with E-state index in [0.717, 1.165) is 34.7 Å². The van der Waals surface area contributed by atoms with Crippen LogP contribution in [0, 0.1) is 18.8 Å². The van der Waals surface area contributed by atoms with Crippen LogP contribution < -0.4 is 10.9 Å². The first-order chi connectivity index (χ1) is 12.9. The molecule has 0 saturated heterocycles. The van der Waals surface area contributed by atoms with E-state index in [4.69, 9.17) is 0 Å². The largest absolute Gasteiger partial charge is 0.351 e. The molecule has 0 aliphatic heterocycles. The summed E-state index contributed by atoms with van der Waals surface area (Å²) in [4.78, 5) is 28.5. The lowest BCUT2D eigenvalue weighted by molar-refractivity contribution is -0.123. The average Bonchev–Trinajstić information content (AvgIpc) is 3.00. The maximum Gasteiger partial charge on any atom is 0.291 e. The molecule has 1 saturated carbocycles. The van der Waals surface area contributed by atoms with Crippen LogP contribution in [0.4, 0.5) is 0 Å². The summed E-state index contributed by atoms with van der Waals surface area (Å²) in [5, 5.41) is 9.14. The second-order valence-electron chi connectivity index (χ2n) is 8.01. The zero-order chi connectivity index (χ0) is 19.1. The summed E-state index contributed by atoms with van der Waals surface area (Å²) in [6.45, 7) is 6.39. The first kappa shape index (κ1) is 17.8. The number of fused-ring (bicyclic) bond motifs is 3. The molecule has 142 valence electrons. The van der Waals surface area contributed by atoms with Gasteiger partial charge in [0, 0.05) is 22.3 Å². The van der Waals surface area contributed by atoms with Gasteiger partial charge >= 0.3 is 0 Å². The van der Waals surface area contributed by atoms with Crippen LogP contribution in [0.1, 0.15) is 38.7 Å². The molecule has 3 aromatic rings. The van der Waals surface area contributed by atoms with Gasteiger partial charge in [-0.1, -0.05) is 38.3 Å². The van der Waals surface area contributed by atoms with Crippen LogP contribution in [0.2, 0.25) is 0 Å². The topological polar surface area (TPSA) is 79.8 Å². The summed E-state index contributed by atoms with van der Waals surface area (Å²) >= 11 is 0. The molecule has 0 bridgehead atoms. The lowest BCUT2D eigenvalue weighted by Crippen LogP contribution is -2.45. The number of rotatable bonds is 3. The molecule has 6 heteroatoms. The molecule has 2 aromatic heterocycles. The number of carbonyl (C=O) groups is 1. The molecule has 1 amide bonds. The van der Waals surface area contributed by atoms with Gasteiger partial charge in [-0.2, -0.15) is 5.10 Å². The minimum absolute atomic E-state index is 0.0548. The first-order valence-electron chi connectivity index (χ1n) is 9.71. The van der Waals surface area contributed by atoms with Crippen molar-refractivity contribution in [2.75, 3.05) is 0 Å². The summed E-state index contributed by atoms with van der Waals surface area (Å²) in [6.07, 6.45) is 5.02. The maximum atomic E-state index is 12.8. The van der Waals surface area contributed by atoms with E-state index in [0.29, 0.717) is 17.4 Å². The number of amides is 1. The van der Waals surface area contributed by atoms with E-state index in [1.54, 1.807) is 6.20 Å². The van der Waals surface area contributed by atoms with Gasteiger partial charge in [0.25, 0.3) is 5.56 Å². The number of aromatic amines is 1. The number of H-pyrrole nitrogens is 1. The molecule has 0 spiro atoms. The van der Waals surface area contributed by atoms with Gasteiger partial charge in [-0.25, -0.2) is 4.68 Å². The fourth-order valence-electron chi connectivity index (χ4n) is 4.23. The fraction of sp³-hybridized carbons (Fsp3) is 0.476. The third kappa shape index (κ3) is 3.24. The highest BCUT2D eigenvalue weighted by atomic mass is 16.2. The molecule has 2 heterocycles. The Balaban J connectivity index is 1.59. The van der Waals surface area contributed by atoms with E-state index in [2.05, 4.69) is 29.2 Å². The highest BCUT2D eigenvalue weighted by molar-refractivity contribution is 6.06. The normalized spacial score (nSPS) is 23.0. The molecule has 1 aliphatic carbocycles. The van der Waals surface area contributed by atoms with Gasteiger partial charge in [0.05, 0.1) is 6.20 Å². The number of aryl methyl sites for hydroxylation is 1. The minimum atomic E-state index is -0.262. The molecule has 27 heavy (non-hydrogen) atoms. The van der Waals surface area contributed by atoms with Crippen LogP contribution >= 0.6 is 0 Å². The number of aromatic nitrogens is 3. The van der Waals surface area contributed by atoms with Crippen LogP contribution in [0.5, 0.6) is 0 Å². The Labute approximate surface area is 158 Å². The van der Waals surface area contributed by atoms with E-state index in [1.165, 1.54) is 11.1 Å². The van der Waals surface area contributed by atoms with Crippen LogP contribution in [-0.4, -0.2) is 26.7 Å². The van der Waals surface area contributed by atoms with Crippen molar-refractivity contribution in [1.82, 2.24) is 20.1 Å². The second kappa shape index (κ2) is 6.83. The van der Waals surface area contributed by atoms with Crippen LogP contribution in [0.3, 0.4) is 0 Å². The van der Waals surface area contributed by atoms with Crippen molar-refractivity contribution in [3.05, 3.63) is 40.3 Å². The number of benzene rings is 1. The van der Waals surface area contributed by atoms with Crippen molar-refractivity contribution in [3.63, 3.8) is 0 Å². The highest BCUT2D eigenvalue weighted by Crippen LogP contribution is 2.29. The van der Waals surface area contributed by atoms with Gasteiger partial charge in [0.2, 0.25) is 5.91 Å². The van der Waals surface area contributed by atoms with Crippen molar-refractivity contribution in [2.45, 2.75) is 52.6 Å². The van der Waals surface area contributed by atoms with Gasteiger partial charge in [-0.15, -0.1) is 0 Å². The molecule has 2 N–H and O–H groups in total. The number of hydrogen-bond donors (Lipinski definition) is 2. The third-order valence-corrected chi connectivity index (χ3v) is 6.12. The van der Waals surface area contributed by atoms with Gasteiger partial charge in [-0.3, -0.25) is 9.59 Å². The van der Waals surface area contributed by atoms with E-state index in [9.17, 15) is 9.59 Å². The van der Waals surface area contributed by atoms with Crippen LogP contribution in [-0.2, 0) is 11.3 Å². The van der Waals surface area contributed by atoms with Crippen molar-refractivity contribution in [1.29, 1.82) is 0 Å². The summed E-state index contributed by atoms with van der Waals surface area (Å²) < 4.78 is 1.25.